The fraction of sp³-hybridized carbons (Fsp3) is 0.438. The zero-order valence-corrected chi connectivity index (χ0v) is 11.5. The third-order valence-electron chi connectivity index (χ3n) is 4.35. The molecule has 0 bridgehead atoms. The molecule has 1 aromatic carbocycles. The van der Waals surface area contributed by atoms with E-state index in [1.807, 2.05) is 18.2 Å². The second-order valence-electron chi connectivity index (χ2n) is 5.64. The Labute approximate surface area is 113 Å². The van der Waals surface area contributed by atoms with Gasteiger partial charge in [0.25, 0.3) is 5.91 Å². The van der Waals surface area contributed by atoms with Gasteiger partial charge in [0.1, 0.15) is 0 Å². The van der Waals surface area contributed by atoms with Gasteiger partial charge in [-0.3, -0.25) is 4.79 Å². The van der Waals surface area contributed by atoms with Crippen LogP contribution in [-0.4, -0.2) is 17.4 Å². The van der Waals surface area contributed by atoms with Crippen LogP contribution in [0.5, 0.6) is 0 Å². The highest BCUT2D eigenvalue weighted by molar-refractivity contribution is 5.99. The minimum absolute atomic E-state index is 0.0482. The first-order valence-electron chi connectivity index (χ1n) is 7.02. The third-order valence-corrected chi connectivity index (χ3v) is 4.35. The van der Waals surface area contributed by atoms with E-state index in [0.29, 0.717) is 5.92 Å². The molecule has 0 unspecified atom stereocenters. The highest BCUT2D eigenvalue weighted by atomic mass is 16.1. The van der Waals surface area contributed by atoms with Crippen molar-refractivity contribution in [2.75, 3.05) is 6.54 Å². The van der Waals surface area contributed by atoms with Crippen LogP contribution in [-0.2, 0) is 0 Å². The van der Waals surface area contributed by atoms with Crippen LogP contribution in [0.4, 0.5) is 0 Å². The molecule has 3 heteroatoms. The summed E-state index contributed by atoms with van der Waals surface area (Å²) in [5.74, 6) is 0.746. The molecule has 3 nitrogen and oxygen atoms in total. The predicted octanol–water partition coefficient (Wildman–Crippen LogP) is 3.31. The van der Waals surface area contributed by atoms with Crippen molar-refractivity contribution in [3.8, 4) is 0 Å². The predicted molar refractivity (Wildman–Crippen MR) is 77.4 cm³/mol. The smallest absolute Gasteiger partial charge is 0.251 e. The number of aromatic nitrogens is 1. The Morgan fingerprint density at radius 3 is 2.84 bits per heavy atom. The topological polar surface area (TPSA) is 44.9 Å². The molecule has 1 aliphatic carbocycles. The summed E-state index contributed by atoms with van der Waals surface area (Å²) in [4.78, 5) is 15.5. The first-order chi connectivity index (χ1) is 9.15. The molecule has 0 atom stereocenters. The van der Waals surface area contributed by atoms with Gasteiger partial charge in [-0.05, 0) is 56.4 Å². The van der Waals surface area contributed by atoms with Gasteiger partial charge in [0, 0.05) is 28.7 Å². The molecular formula is C16H20N2O. The monoisotopic (exact) mass is 256 g/mol. The van der Waals surface area contributed by atoms with Crippen molar-refractivity contribution in [1.82, 2.24) is 10.3 Å². The second-order valence-corrected chi connectivity index (χ2v) is 5.64. The fourth-order valence-corrected chi connectivity index (χ4v) is 2.64. The van der Waals surface area contributed by atoms with Crippen LogP contribution in [0.15, 0.2) is 18.2 Å². The van der Waals surface area contributed by atoms with Crippen molar-refractivity contribution in [2.45, 2.75) is 33.1 Å². The first kappa shape index (κ1) is 12.3. The lowest BCUT2D eigenvalue weighted by molar-refractivity contribution is 0.0939. The Morgan fingerprint density at radius 2 is 2.16 bits per heavy atom. The number of rotatable bonds is 3. The number of benzene rings is 1. The van der Waals surface area contributed by atoms with Crippen molar-refractivity contribution in [2.24, 2.45) is 5.92 Å². The van der Waals surface area contributed by atoms with Gasteiger partial charge in [-0.2, -0.15) is 0 Å². The summed E-state index contributed by atoms with van der Waals surface area (Å²) in [5, 5.41) is 4.19. The molecule has 1 fully saturated rings. The average molecular weight is 256 g/mol. The number of H-pyrrole nitrogens is 1. The van der Waals surface area contributed by atoms with E-state index in [1.165, 1.54) is 30.5 Å². The molecule has 1 aliphatic rings. The molecule has 0 saturated heterocycles. The molecule has 3 rings (SSSR count). The Morgan fingerprint density at radius 1 is 1.37 bits per heavy atom. The van der Waals surface area contributed by atoms with E-state index >= 15 is 0 Å². The van der Waals surface area contributed by atoms with Crippen molar-refractivity contribution >= 4 is 16.8 Å². The Bertz CT molecular complexity index is 623. The normalized spacial score (nSPS) is 15.5. The molecule has 19 heavy (non-hydrogen) atoms. The number of hydrogen-bond donors (Lipinski definition) is 2. The summed E-state index contributed by atoms with van der Waals surface area (Å²) in [6.45, 7) is 4.97. The van der Waals surface area contributed by atoms with Crippen LogP contribution < -0.4 is 5.32 Å². The quantitative estimate of drug-likeness (QED) is 0.869. The molecule has 100 valence electrons. The Balaban J connectivity index is 1.79. The Hall–Kier alpha value is -1.77. The van der Waals surface area contributed by atoms with Gasteiger partial charge in [0.15, 0.2) is 0 Å². The maximum Gasteiger partial charge on any atom is 0.251 e. The summed E-state index contributed by atoms with van der Waals surface area (Å²) in [6, 6.07) is 5.88. The number of carbonyl (C=O) groups is 1. The van der Waals surface area contributed by atoms with Crippen molar-refractivity contribution in [3.63, 3.8) is 0 Å². The van der Waals surface area contributed by atoms with E-state index in [4.69, 9.17) is 0 Å². The lowest BCUT2D eigenvalue weighted by Crippen LogP contribution is -2.32. The summed E-state index contributed by atoms with van der Waals surface area (Å²) in [6.07, 6.45) is 3.83. The molecule has 2 aromatic rings. The van der Waals surface area contributed by atoms with Crippen LogP contribution in [0.2, 0.25) is 0 Å². The van der Waals surface area contributed by atoms with Crippen molar-refractivity contribution < 1.29 is 4.79 Å². The van der Waals surface area contributed by atoms with E-state index in [2.05, 4.69) is 24.1 Å². The van der Waals surface area contributed by atoms with Crippen molar-refractivity contribution in [3.05, 3.63) is 35.0 Å². The van der Waals surface area contributed by atoms with Crippen LogP contribution in [0.1, 0.15) is 40.9 Å². The minimum atomic E-state index is 0.0482. The van der Waals surface area contributed by atoms with Crippen LogP contribution in [0, 0.1) is 19.8 Å². The van der Waals surface area contributed by atoms with Gasteiger partial charge in [-0.25, -0.2) is 0 Å². The number of fused-ring (bicyclic) bond motifs is 1. The largest absolute Gasteiger partial charge is 0.358 e. The third kappa shape index (κ3) is 2.25. The summed E-state index contributed by atoms with van der Waals surface area (Å²) in [5.41, 5.74) is 4.25. The van der Waals surface area contributed by atoms with Gasteiger partial charge in [-0.1, -0.05) is 6.42 Å². The molecule has 2 N–H and O–H groups in total. The number of carbonyl (C=O) groups excluding carboxylic acids is 1. The van der Waals surface area contributed by atoms with E-state index in [0.717, 1.165) is 23.0 Å². The molecule has 0 radical (unpaired) electrons. The van der Waals surface area contributed by atoms with E-state index < -0.39 is 0 Å². The summed E-state index contributed by atoms with van der Waals surface area (Å²) >= 11 is 0. The average Bonchev–Trinajstić information content (AvgIpc) is 2.63. The summed E-state index contributed by atoms with van der Waals surface area (Å²) < 4.78 is 0. The fourth-order valence-electron chi connectivity index (χ4n) is 2.64. The number of aromatic amines is 1. The highest BCUT2D eigenvalue weighted by Crippen LogP contribution is 2.25. The molecule has 1 aromatic heterocycles. The van der Waals surface area contributed by atoms with Crippen LogP contribution in [0.25, 0.3) is 10.9 Å². The molecule has 1 heterocycles. The number of nitrogens with one attached hydrogen (secondary N) is 2. The first-order valence-corrected chi connectivity index (χ1v) is 7.02. The molecule has 0 spiro atoms. The van der Waals surface area contributed by atoms with Gasteiger partial charge in [-0.15, -0.1) is 0 Å². The minimum Gasteiger partial charge on any atom is -0.358 e. The number of hydrogen-bond acceptors (Lipinski definition) is 1. The van der Waals surface area contributed by atoms with Gasteiger partial charge < -0.3 is 10.3 Å². The maximum absolute atomic E-state index is 12.1. The van der Waals surface area contributed by atoms with Crippen LogP contribution >= 0.6 is 0 Å². The molecule has 0 aliphatic heterocycles. The molecular weight excluding hydrogens is 236 g/mol. The zero-order chi connectivity index (χ0) is 13.4. The maximum atomic E-state index is 12.1. The standard InChI is InChI=1S/C16H20N2O/c1-10-11(2)18-15-7-6-13(8-14(10)15)16(19)17-9-12-4-3-5-12/h6-8,12,18H,3-5,9H2,1-2H3,(H,17,19). The van der Waals surface area contributed by atoms with Gasteiger partial charge in [0.2, 0.25) is 0 Å². The molecule has 1 amide bonds. The van der Waals surface area contributed by atoms with E-state index in [9.17, 15) is 4.79 Å². The van der Waals surface area contributed by atoms with Gasteiger partial charge >= 0.3 is 0 Å². The lowest BCUT2D eigenvalue weighted by atomic mass is 9.85. The highest BCUT2D eigenvalue weighted by Gasteiger charge is 2.18. The lowest BCUT2D eigenvalue weighted by Gasteiger charge is -2.25. The zero-order valence-electron chi connectivity index (χ0n) is 11.5. The Kier molecular flexibility index (Phi) is 3.05. The van der Waals surface area contributed by atoms with E-state index in [1.54, 1.807) is 0 Å². The SMILES string of the molecule is Cc1[nH]c2ccc(C(=O)NCC3CCC3)cc2c1C. The van der Waals surface area contributed by atoms with Crippen molar-refractivity contribution in [1.29, 1.82) is 0 Å². The molecule has 1 saturated carbocycles. The second kappa shape index (κ2) is 4.72. The van der Waals surface area contributed by atoms with Crippen LogP contribution in [0.3, 0.4) is 0 Å². The van der Waals surface area contributed by atoms with Gasteiger partial charge in [0.05, 0.1) is 0 Å². The summed E-state index contributed by atoms with van der Waals surface area (Å²) in [7, 11) is 0. The number of aryl methyl sites for hydroxylation is 2. The van der Waals surface area contributed by atoms with E-state index in [-0.39, 0.29) is 5.91 Å². The number of amides is 1.